The van der Waals surface area contributed by atoms with Gasteiger partial charge in [0.25, 0.3) is 0 Å². The topological polar surface area (TPSA) is 138 Å². The van der Waals surface area contributed by atoms with E-state index in [9.17, 15) is 9.79 Å². The second kappa shape index (κ2) is 5.92. The Morgan fingerprint density at radius 2 is 2.28 bits per heavy atom. The van der Waals surface area contributed by atoms with Gasteiger partial charge in [-0.2, -0.15) is 0 Å². The molecule has 2 aliphatic heterocycles. The van der Waals surface area contributed by atoms with Gasteiger partial charge in [0.15, 0.2) is 17.7 Å². The molecule has 2 aliphatic rings. The lowest BCUT2D eigenvalue weighted by atomic mass is 9.87. The standard InChI is InChI=1S/C13H18N5O5PS/c1-2-13-3-4-21-8(9(13)23-24(19,20)25)12(22-13)18-6-17-7-10(14)15-5-16-11(7)18/h5-6,8-9,12H,2-4H2,1H3,(H2,14,15,16)(H2,19,20,25)/t8?,9?,12-,13+/m1/s1. The molecule has 2 aromatic rings. The van der Waals surface area contributed by atoms with Gasteiger partial charge in [0.1, 0.15) is 29.7 Å². The summed E-state index contributed by atoms with van der Waals surface area (Å²) in [4.78, 5) is 31.7. The molecule has 136 valence electrons. The molecule has 25 heavy (non-hydrogen) atoms. The number of anilines is 1. The lowest BCUT2D eigenvalue weighted by molar-refractivity contribution is -0.116. The molecule has 2 bridgehead atoms. The quantitative estimate of drug-likeness (QED) is 0.635. The average Bonchev–Trinajstić information content (AvgIpc) is 3.02. The Bertz CT molecular complexity index is 858. The largest absolute Gasteiger partial charge is 0.382 e. The molecule has 2 unspecified atom stereocenters. The predicted molar refractivity (Wildman–Crippen MR) is 90.8 cm³/mol. The van der Waals surface area contributed by atoms with Crippen molar-refractivity contribution in [3.63, 3.8) is 0 Å². The van der Waals surface area contributed by atoms with E-state index >= 15 is 0 Å². The first-order valence-electron chi connectivity index (χ1n) is 7.81. The molecule has 0 saturated carbocycles. The van der Waals surface area contributed by atoms with Crippen molar-refractivity contribution in [3.05, 3.63) is 12.7 Å². The fraction of sp³-hybridized carbons (Fsp3) is 0.615. The van der Waals surface area contributed by atoms with Crippen molar-refractivity contribution in [3.8, 4) is 0 Å². The molecular weight excluding hydrogens is 369 g/mol. The van der Waals surface area contributed by atoms with E-state index < -0.39 is 30.8 Å². The number of fused-ring (bicyclic) bond motifs is 3. The molecule has 2 fully saturated rings. The van der Waals surface area contributed by atoms with E-state index in [1.165, 1.54) is 6.33 Å². The summed E-state index contributed by atoms with van der Waals surface area (Å²) in [5, 5.41) is 0. The summed E-state index contributed by atoms with van der Waals surface area (Å²) >= 11 is 4.66. The summed E-state index contributed by atoms with van der Waals surface area (Å²) in [6.07, 6.45) is 2.18. The minimum absolute atomic E-state index is 0.268. The fourth-order valence-corrected chi connectivity index (χ4v) is 4.48. The molecule has 12 heteroatoms. The summed E-state index contributed by atoms with van der Waals surface area (Å²) in [5.74, 6) is 0.268. The Morgan fingerprint density at radius 1 is 1.48 bits per heavy atom. The van der Waals surface area contributed by atoms with Crippen molar-refractivity contribution >= 4 is 35.5 Å². The van der Waals surface area contributed by atoms with Gasteiger partial charge < -0.3 is 25.0 Å². The summed E-state index contributed by atoms with van der Waals surface area (Å²) in [7, 11) is 0. The van der Waals surface area contributed by atoms with E-state index in [2.05, 4.69) is 26.8 Å². The molecule has 4 atom stereocenters. The molecule has 10 nitrogen and oxygen atoms in total. The molecule has 0 aliphatic carbocycles. The molecule has 2 saturated heterocycles. The van der Waals surface area contributed by atoms with Crippen LogP contribution in [-0.2, 0) is 25.8 Å². The highest BCUT2D eigenvalue weighted by Gasteiger charge is 2.60. The zero-order valence-electron chi connectivity index (χ0n) is 13.3. The van der Waals surface area contributed by atoms with E-state index in [-0.39, 0.29) is 5.82 Å². The molecule has 0 radical (unpaired) electrons. The number of rotatable bonds is 4. The second-order valence-electron chi connectivity index (χ2n) is 6.11. The van der Waals surface area contributed by atoms with Crippen molar-refractivity contribution < 1.29 is 23.8 Å². The smallest absolute Gasteiger partial charge is 0.322 e. The summed E-state index contributed by atoms with van der Waals surface area (Å²) in [5.41, 5.74) is 6.08. The Hall–Kier alpha value is -1.20. The summed E-state index contributed by atoms with van der Waals surface area (Å²) < 4.78 is 19.3. The van der Waals surface area contributed by atoms with Gasteiger partial charge in [-0.15, -0.1) is 0 Å². The second-order valence-corrected chi connectivity index (χ2v) is 8.73. The number of hydrogen-bond acceptors (Lipinski definition) is 8. The van der Waals surface area contributed by atoms with Crippen LogP contribution in [0.4, 0.5) is 5.82 Å². The van der Waals surface area contributed by atoms with Gasteiger partial charge in [-0.25, -0.2) is 15.0 Å². The van der Waals surface area contributed by atoms with Crippen LogP contribution in [0.25, 0.3) is 11.2 Å². The van der Waals surface area contributed by atoms with Gasteiger partial charge in [0, 0.05) is 6.42 Å². The van der Waals surface area contributed by atoms with Crippen molar-refractivity contribution in [1.29, 1.82) is 0 Å². The Labute approximate surface area is 148 Å². The summed E-state index contributed by atoms with van der Waals surface area (Å²) in [6.45, 7) is -1.46. The third-order valence-electron chi connectivity index (χ3n) is 4.80. The molecule has 4 N–H and O–H groups in total. The van der Waals surface area contributed by atoms with Crippen molar-refractivity contribution in [1.82, 2.24) is 19.5 Å². The number of imidazole rings is 1. The van der Waals surface area contributed by atoms with Gasteiger partial charge in [-0.1, -0.05) is 6.92 Å². The van der Waals surface area contributed by atoms with Gasteiger partial charge in [0.05, 0.1) is 12.9 Å². The molecular formula is C13H18N5O5PS. The lowest BCUT2D eigenvalue weighted by Crippen LogP contribution is -2.49. The highest BCUT2D eigenvalue weighted by molar-refractivity contribution is 8.06. The van der Waals surface area contributed by atoms with Gasteiger partial charge in [-0.3, -0.25) is 9.09 Å². The van der Waals surface area contributed by atoms with E-state index in [1.54, 1.807) is 10.9 Å². The third-order valence-corrected chi connectivity index (χ3v) is 5.56. The summed E-state index contributed by atoms with van der Waals surface area (Å²) in [6, 6.07) is 0. The zero-order chi connectivity index (χ0) is 17.8. The van der Waals surface area contributed by atoms with Crippen LogP contribution < -0.4 is 5.73 Å². The van der Waals surface area contributed by atoms with Gasteiger partial charge in [-0.05, 0) is 18.2 Å². The number of nitrogen functional groups attached to an aromatic ring is 1. The van der Waals surface area contributed by atoms with E-state index in [0.717, 1.165) is 0 Å². The highest BCUT2D eigenvalue weighted by Crippen LogP contribution is 2.53. The van der Waals surface area contributed by atoms with Crippen molar-refractivity contribution in [2.45, 2.75) is 43.8 Å². The first kappa shape index (κ1) is 17.2. The van der Waals surface area contributed by atoms with E-state index in [0.29, 0.717) is 30.6 Å². The maximum atomic E-state index is 9.66. The predicted octanol–water partition coefficient (Wildman–Crippen LogP) is 0.469. The number of nitrogens with zero attached hydrogens (tertiary/aromatic N) is 4. The first-order valence-corrected chi connectivity index (χ1v) is 10.4. The van der Waals surface area contributed by atoms with E-state index in [1.807, 2.05) is 6.92 Å². The van der Waals surface area contributed by atoms with Crippen LogP contribution in [0.5, 0.6) is 0 Å². The number of hydrogen-bond donors (Lipinski definition) is 3. The van der Waals surface area contributed by atoms with Crippen LogP contribution in [-0.4, -0.2) is 53.7 Å². The minimum Gasteiger partial charge on any atom is -0.382 e. The number of ether oxygens (including phenoxy) is 2. The van der Waals surface area contributed by atoms with Crippen LogP contribution in [0.2, 0.25) is 0 Å². The van der Waals surface area contributed by atoms with Crippen LogP contribution >= 0.6 is 6.72 Å². The highest BCUT2D eigenvalue weighted by atomic mass is 32.5. The SMILES string of the molecule is CC[C@]12CCOC(C1OP(O)(O)=S)[C@H](n1cnc3c(N)ncnc31)O2. The molecule has 2 aromatic heterocycles. The average molecular weight is 387 g/mol. The number of nitrogens with two attached hydrogens (primary N) is 1. The van der Waals surface area contributed by atoms with E-state index in [4.69, 9.17) is 19.7 Å². The Balaban J connectivity index is 1.78. The van der Waals surface area contributed by atoms with Crippen molar-refractivity contribution in [2.75, 3.05) is 12.3 Å². The normalized spacial score (nSPS) is 32.4. The molecule has 4 heterocycles. The van der Waals surface area contributed by atoms with Gasteiger partial charge in [0.2, 0.25) is 0 Å². The Kier molecular flexibility index (Phi) is 4.08. The number of aromatic nitrogens is 4. The maximum absolute atomic E-state index is 9.66. The Morgan fingerprint density at radius 3 is 3.00 bits per heavy atom. The van der Waals surface area contributed by atoms with Crippen LogP contribution in [0.3, 0.4) is 0 Å². The lowest BCUT2D eigenvalue weighted by Gasteiger charge is -2.38. The van der Waals surface area contributed by atoms with Crippen LogP contribution in [0, 0.1) is 0 Å². The van der Waals surface area contributed by atoms with Crippen LogP contribution in [0.15, 0.2) is 12.7 Å². The monoisotopic (exact) mass is 387 g/mol. The maximum Gasteiger partial charge on any atom is 0.322 e. The zero-order valence-corrected chi connectivity index (χ0v) is 15.1. The molecule has 0 amide bonds. The first-order chi connectivity index (χ1) is 11.8. The molecule has 0 aromatic carbocycles. The molecule has 4 rings (SSSR count). The fourth-order valence-electron chi connectivity index (χ4n) is 3.60. The molecule has 0 spiro atoms. The van der Waals surface area contributed by atoms with Gasteiger partial charge >= 0.3 is 6.72 Å². The minimum atomic E-state index is -3.88. The van der Waals surface area contributed by atoms with Crippen molar-refractivity contribution in [2.24, 2.45) is 0 Å². The van der Waals surface area contributed by atoms with Crippen LogP contribution in [0.1, 0.15) is 26.0 Å². The third kappa shape index (κ3) is 2.76.